The van der Waals surface area contributed by atoms with Crippen molar-refractivity contribution in [3.05, 3.63) is 91.4 Å². The van der Waals surface area contributed by atoms with E-state index in [9.17, 15) is 19.5 Å². The number of aromatic nitrogens is 2. The Morgan fingerprint density at radius 3 is 2.53 bits per heavy atom. The van der Waals surface area contributed by atoms with Crippen LogP contribution in [0.2, 0.25) is 10.0 Å². The van der Waals surface area contributed by atoms with Gasteiger partial charge in [-0.25, -0.2) is 9.78 Å². The maximum Gasteiger partial charge on any atom is 0.407 e. The number of hydrogen-bond donors (Lipinski definition) is 2. The molecule has 1 aliphatic rings. The highest BCUT2D eigenvalue weighted by molar-refractivity contribution is 9.10. The third kappa shape index (κ3) is 5.14. The van der Waals surface area contributed by atoms with Crippen LogP contribution in [0.3, 0.4) is 0 Å². The van der Waals surface area contributed by atoms with Crippen LogP contribution in [0.4, 0.5) is 4.79 Å². The predicted molar refractivity (Wildman–Crippen MR) is 150 cm³/mol. The van der Waals surface area contributed by atoms with Gasteiger partial charge in [0.2, 0.25) is 5.91 Å². The van der Waals surface area contributed by atoms with Gasteiger partial charge in [-0.1, -0.05) is 53.5 Å². The first-order valence-electron chi connectivity index (χ1n) is 11.7. The minimum atomic E-state index is -1.17. The molecule has 3 heterocycles. The first kappa shape index (κ1) is 26.2. The minimum absolute atomic E-state index is 0.0962. The molecule has 1 fully saturated rings. The normalized spacial score (nSPS) is 15.0. The van der Waals surface area contributed by atoms with Gasteiger partial charge in [-0.3, -0.25) is 14.0 Å². The van der Waals surface area contributed by atoms with Crippen molar-refractivity contribution in [2.45, 2.75) is 25.4 Å². The second-order valence-corrected chi connectivity index (χ2v) is 10.6. The van der Waals surface area contributed by atoms with Gasteiger partial charge >= 0.3 is 6.09 Å². The standard InChI is InChI=1S/C27H21BrCl2N4O4/c28-21-6-2-5-20(25(21)30)19-4-1-3-18(24(19)29)15-9-10-34-22(11-15)31-12-16(26(34)36)13-33(27(37)38)14-17-7-8-23(35)32-17/h1-6,9-12,17H,7-8,13-14H2,(H,32,35)(H,37,38). The number of hydrogen-bond acceptors (Lipinski definition) is 4. The van der Waals surface area contributed by atoms with Gasteiger partial charge in [-0.2, -0.15) is 0 Å². The fourth-order valence-corrected chi connectivity index (χ4v) is 5.49. The molecule has 0 bridgehead atoms. The third-order valence-corrected chi connectivity index (χ3v) is 8.19. The van der Waals surface area contributed by atoms with Gasteiger partial charge in [0, 0.05) is 52.6 Å². The van der Waals surface area contributed by atoms with Crippen molar-refractivity contribution in [2.24, 2.45) is 0 Å². The van der Waals surface area contributed by atoms with Crippen molar-refractivity contribution in [1.29, 1.82) is 0 Å². The number of halogens is 3. The van der Waals surface area contributed by atoms with Gasteiger partial charge in [0.1, 0.15) is 5.65 Å². The van der Waals surface area contributed by atoms with E-state index in [2.05, 4.69) is 26.2 Å². The summed E-state index contributed by atoms with van der Waals surface area (Å²) in [4.78, 5) is 42.0. The molecule has 11 heteroatoms. The van der Waals surface area contributed by atoms with Crippen molar-refractivity contribution in [3.63, 3.8) is 0 Å². The molecule has 1 saturated heterocycles. The Labute approximate surface area is 236 Å². The Morgan fingerprint density at radius 1 is 1.11 bits per heavy atom. The Hall–Kier alpha value is -3.40. The molecule has 194 valence electrons. The molecule has 38 heavy (non-hydrogen) atoms. The lowest BCUT2D eigenvalue weighted by molar-refractivity contribution is -0.119. The molecule has 2 aromatic heterocycles. The molecule has 0 saturated carbocycles. The summed E-state index contributed by atoms with van der Waals surface area (Å²) in [5, 5.41) is 13.5. The Morgan fingerprint density at radius 2 is 1.82 bits per heavy atom. The lowest BCUT2D eigenvalue weighted by atomic mass is 9.99. The fraction of sp³-hybridized carbons (Fsp3) is 0.185. The van der Waals surface area contributed by atoms with Crippen molar-refractivity contribution in [2.75, 3.05) is 6.54 Å². The summed E-state index contributed by atoms with van der Waals surface area (Å²) in [6, 6.07) is 14.5. The van der Waals surface area contributed by atoms with E-state index in [0.717, 1.165) is 31.6 Å². The second-order valence-electron chi connectivity index (χ2n) is 8.97. The maximum atomic E-state index is 13.2. The van der Waals surface area contributed by atoms with E-state index in [1.807, 2.05) is 36.4 Å². The Balaban J connectivity index is 1.46. The van der Waals surface area contributed by atoms with Gasteiger partial charge in [0.05, 0.1) is 22.2 Å². The van der Waals surface area contributed by atoms with Crippen LogP contribution in [-0.2, 0) is 11.3 Å². The van der Waals surface area contributed by atoms with Crippen LogP contribution in [0.15, 0.2) is 70.2 Å². The van der Waals surface area contributed by atoms with Crippen LogP contribution in [0.25, 0.3) is 27.9 Å². The lowest BCUT2D eigenvalue weighted by Crippen LogP contribution is -2.42. The largest absolute Gasteiger partial charge is 0.465 e. The van der Waals surface area contributed by atoms with Crippen LogP contribution >= 0.6 is 39.1 Å². The molecule has 0 spiro atoms. The highest BCUT2D eigenvalue weighted by Gasteiger charge is 2.26. The molecule has 2 N–H and O–H groups in total. The van der Waals surface area contributed by atoms with Crippen molar-refractivity contribution in [3.8, 4) is 22.3 Å². The Kier molecular flexibility index (Phi) is 7.43. The van der Waals surface area contributed by atoms with E-state index in [0.29, 0.717) is 28.5 Å². The number of nitrogens with one attached hydrogen (secondary N) is 1. The average Bonchev–Trinajstić information content (AvgIpc) is 3.31. The van der Waals surface area contributed by atoms with Gasteiger partial charge in [0.25, 0.3) is 5.56 Å². The van der Waals surface area contributed by atoms with Gasteiger partial charge in [-0.15, -0.1) is 0 Å². The zero-order valence-electron chi connectivity index (χ0n) is 19.8. The number of nitrogens with zero attached hydrogens (tertiary/aromatic N) is 3. The topological polar surface area (TPSA) is 104 Å². The SMILES string of the molecule is O=C1CCC(CN(Cc2cnc3cc(-c4cccc(-c5cccc(Br)c5Cl)c4Cl)ccn3c2=O)C(=O)O)N1. The van der Waals surface area contributed by atoms with Crippen molar-refractivity contribution >= 4 is 56.8 Å². The molecule has 2 amide bonds. The molecular formula is C27H21BrCl2N4O4. The van der Waals surface area contributed by atoms with E-state index >= 15 is 0 Å². The number of carbonyl (C=O) groups is 2. The van der Waals surface area contributed by atoms with Crippen LogP contribution in [-0.4, -0.2) is 44.0 Å². The maximum absolute atomic E-state index is 13.2. The number of carboxylic acid groups (broad SMARTS) is 1. The molecule has 8 nitrogen and oxygen atoms in total. The summed E-state index contributed by atoms with van der Waals surface area (Å²) in [6.07, 6.45) is 2.73. The molecule has 0 radical (unpaired) electrons. The molecule has 0 aliphatic carbocycles. The molecule has 1 unspecified atom stereocenters. The van der Waals surface area contributed by atoms with E-state index < -0.39 is 6.09 Å². The van der Waals surface area contributed by atoms with E-state index in [1.54, 1.807) is 18.3 Å². The predicted octanol–water partition coefficient (Wildman–Crippen LogP) is 5.86. The minimum Gasteiger partial charge on any atom is -0.465 e. The van der Waals surface area contributed by atoms with Gasteiger partial charge < -0.3 is 15.3 Å². The fourth-order valence-electron chi connectivity index (χ4n) is 4.56. The summed E-state index contributed by atoms with van der Waals surface area (Å²) >= 11 is 16.8. The average molecular weight is 616 g/mol. The highest BCUT2D eigenvalue weighted by Crippen LogP contribution is 2.41. The second kappa shape index (κ2) is 10.8. The van der Waals surface area contributed by atoms with Gasteiger partial charge in [0.15, 0.2) is 0 Å². The number of rotatable bonds is 6. The molecule has 2 aromatic carbocycles. The first-order valence-corrected chi connectivity index (χ1v) is 13.3. The van der Waals surface area contributed by atoms with Crippen LogP contribution in [0.1, 0.15) is 18.4 Å². The van der Waals surface area contributed by atoms with E-state index in [4.69, 9.17) is 23.2 Å². The summed E-state index contributed by atoms with van der Waals surface area (Å²) < 4.78 is 2.14. The first-order chi connectivity index (χ1) is 18.2. The smallest absolute Gasteiger partial charge is 0.407 e. The molecule has 1 atom stereocenters. The number of pyridine rings is 1. The van der Waals surface area contributed by atoms with Crippen LogP contribution in [0, 0.1) is 0 Å². The van der Waals surface area contributed by atoms with E-state index in [1.165, 1.54) is 10.6 Å². The number of amides is 2. The zero-order valence-corrected chi connectivity index (χ0v) is 22.9. The summed E-state index contributed by atoms with van der Waals surface area (Å²) in [7, 11) is 0. The number of benzene rings is 2. The highest BCUT2D eigenvalue weighted by atomic mass is 79.9. The monoisotopic (exact) mass is 614 g/mol. The van der Waals surface area contributed by atoms with Gasteiger partial charge in [-0.05, 0) is 46.1 Å². The van der Waals surface area contributed by atoms with Crippen LogP contribution < -0.4 is 10.9 Å². The van der Waals surface area contributed by atoms with Crippen molar-refractivity contribution < 1.29 is 14.7 Å². The van der Waals surface area contributed by atoms with E-state index in [-0.39, 0.29) is 36.2 Å². The summed E-state index contributed by atoms with van der Waals surface area (Å²) in [6.45, 7) is -0.0432. The molecular weight excluding hydrogens is 595 g/mol. The molecule has 5 rings (SSSR count). The lowest BCUT2D eigenvalue weighted by Gasteiger charge is -2.22. The zero-order chi connectivity index (χ0) is 27.0. The molecule has 1 aliphatic heterocycles. The number of carbonyl (C=O) groups excluding carboxylic acids is 1. The van der Waals surface area contributed by atoms with Crippen molar-refractivity contribution in [1.82, 2.24) is 19.6 Å². The third-order valence-electron chi connectivity index (χ3n) is 6.49. The summed E-state index contributed by atoms with van der Waals surface area (Å²) in [5.74, 6) is -0.103. The van der Waals surface area contributed by atoms with Crippen LogP contribution in [0.5, 0.6) is 0 Å². The number of fused-ring (bicyclic) bond motifs is 1. The molecule has 4 aromatic rings. The quantitative estimate of drug-likeness (QED) is 0.283. The summed E-state index contributed by atoms with van der Waals surface area (Å²) in [5.41, 5.74) is 3.30. The Bertz CT molecular complexity index is 1640.